The van der Waals surface area contributed by atoms with Gasteiger partial charge in [-0.1, -0.05) is 6.92 Å². The number of rotatable bonds is 8. The molecule has 1 heterocycles. The molecule has 11 heteroatoms. The van der Waals surface area contributed by atoms with Crippen molar-refractivity contribution >= 4 is 57.1 Å². The number of carbonyl (C=O) groups excluding carboxylic acids is 1. The summed E-state index contributed by atoms with van der Waals surface area (Å²) in [5, 5.41) is 6.84. The summed E-state index contributed by atoms with van der Waals surface area (Å²) in [6.07, 6.45) is 0. The van der Waals surface area contributed by atoms with Crippen LogP contribution in [0.2, 0.25) is 0 Å². The first-order valence-corrected chi connectivity index (χ1v) is 10.7. The van der Waals surface area contributed by atoms with Gasteiger partial charge in [-0.3, -0.25) is 4.99 Å². The van der Waals surface area contributed by atoms with Crippen LogP contribution in [0.15, 0.2) is 4.99 Å². The molecule has 150 valence electrons. The quantitative estimate of drug-likeness (QED) is 0.234. The highest BCUT2D eigenvalue weighted by Crippen LogP contribution is 2.24. The number of hydrogen-bond acceptors (Lipinski definition) is 7. The number of guanidine groups is 1. The second-order valence-corrected chi connectivity index (χ2v) is 8.79. The van der Waals surface area contributed by atoms with Gasteiger partial charge in [0.05, 0.1) is 24.1 Å². The topological polar surface area (TPSA) is 110 Å². The summed E-state index contributed by atoms with van der Waals surface area (Å²) >= 11 is 1.27. The fourth-order valence-electron chi connectivity index (χ4n) is 1.92. The number of thiazole rings is 1. The van der Waals surface area contributed by atoms with Crippen molar-refractivity contribution in [2.75, 3.05) is 31.7 Å². The lowest BCUT2D eigenvalue weighted by atomic mass is 10.3. The van der Waals surface area contributed by atoms with Crippen molar-refractivity contribution in [1.29, 1.82) is 0 Å². The first-order chi connectivity index (χ1) is 11.7. The molecule has 8 nitrogen and oxygen atoms in total. The summed E-state index contributed by atoms with van der Waals surface area (Å²) in [5.41, 5.74) is 0.629. The van der Waals surface area contributed by atoms with Crippen LogP contribution in [0.25, 0.3) is 0 Å². The van der Waals surface area contributed by atoms with Crippen LogP contribution >= 0.6 is 35.3 Å². The number of esters is 1. The molecule has 0 fully saturated rings. The fourth-order valence-corrected chi connectivity index (χ4v) is 3.58. The van der Waals surface area contributed by atoms with Gasteiger partial charge in [-0.15, -0.1) is 35.3 Å². The standard InChI is InChI=1S/C15H26N4O4S2.HI/c1-6-23-14(20)12-10(3)18-13(24-12)11(4)19-15(16-5)17-8-9-25(21,22)7-2;/h11H,6-9H2,1-5H3,(H2,16,17,19);1H. The van der Waals surface area contributed by atoms with Crippen LogP contribution in [0, 0.1) is 6.92 Å². The highest BCUT2D eigenvalue weighted by Gasteiger charge is 2.20. The molecule has 0 bridgehead atoms. The van der Waals surface area contributed by atoms with E-state index in [2.05, 4.69) is 20.6 Å². The summed E-state index contributed by atoms with van der Waals surface area (Å²) in [6, 6.07) is -0.194. The second kappa shape index (κ2) is 11.7. The predicted molar refractivity (Wildman–Crippen MR) is 115 cm³/mol. The van der Waals surface area contributed by atoms with Gasteiger partial charge in [-0.25, -0.2) is 18.2 Å². The molecule has 26 heavy (non-hydrogen) atoms. The van der Waals surface area contributed by atoms with Crippen LogP contribution in [-0.4, -0.2) is 57.0 Å². The average Bonchev–Trinajstić information content (AvgIpc) is 2.96. The zero-order valence-electron chi connectivity index (χ0n) is 15.7. The molecule has 1 unspecified atom stereocenters. The summed E-state index contributed by atoms with van der Waals surface area (Å²) in [7, 11) is -1.42. The third-order valence-corrected chi connectivity index (χ3v) is 6.39. The van der Waals surface area contributed by atoms with Crippen LogP contribution in [0.1, 0.15) is 47.2 Å². The van der Waals surface area contributed by atoms with Gasteiger partial charge >= 0.3 is 5.97 Å². The maximum atomic E-state index is 11.9. The molecule has 1 rings (SSSR count). The van der Waals surface area contributed by atoms with Gasteiger partial charge in [0.15, 0.2) is 15.8 Å². The van der Waals surface area contributed by atoms with Crippen molar-refractivity contribution < 1.29 is 17.9 Å². The number of nitrogens with zero attached hydrogens (tertiary/aromatic N) is 2. The zero-order chi connectivity index (χ0) is 19.0. The molecule has 0 radical (unpaired) electrons. The molecular formula is C15H27IN4O4S2. The molecule has 1 aromatic heterocycles. The highest BCUT2D eigenvalue weighted by atomic mass is 127. The SMILES string of the molecule is CCOC(=O)c1sc(C(C)NC(=NC)NCCS(=O)(=O)CC)nc1C.I. The Bertz CT molecular complexity index is 719. The minimum absolute atomic E-state index is 0. The van der Waals surface area contributed by atoms with E-state index in [1.165, 1.54) is 11.3 Å². The van der Waals surface area contributed by atoms with Crippen LogP contribution in [-0.2, 0) is 14.6 Å². The van der Waals surface area contributed by atoms with E-state index in [9.17, 15) is 13.2 Å². The van der Waals surface area contributed by atoms with Gasteiger partial charge in [0, 0.05) is 19.3 Å². The van der Waals surface area contributed by atoms with E-state index in [0.717, 1.165) is 5.01 Å². The lowest BCUT2D eigenvalue weighted by Crippen LogP contribution is -2.40. The lowest BCUT2D eigenvalue weighted by molar-refractivity contribution is 0.0531. The Labute approximate surface area is 176 Å². The summed E-state index contributed by atoms with van der Waals surface area (Å²) < 4.78 is 28.1. The highest BCUT2D eigenvalue weighted by molar-refractivity contribution is 14.0. The molecule has 0 aliphatic carbocycles. The van der Waals surface area contributed by atoms with Gasteiger partial charge < -0.3 is 15.4 Å². The van der Waals surface area contributed by atoms with Crippen LogP contribution in [0.4, 0.5) is 0 Å². The van der Waals surface area contributed by atoms with Gasteiger partial charge in [0.25, 0.3) is 0 Å². The Morgan fingerprint density at radius 2 is 2.04 bits per heavy atom. The molecule has 0 amide bonds. The Hall–Kier alpha value is -0.950. The largest absolute Gasteiger partial charge is 0.462 e. The van der Waals surface area contributed by atoms with E-state index >= 15 is 0 Å². The molecule has 2 N–H and O–H groups in total. The van der Waals surface area contributed by atoms with Crippen molar-refractivity contribution in [1.82, 2.24) is 15.6 Å². The maximum Gasteiger partial charge on any atom is 0.350 e. The van der Waals surface area contributed by atoms with E-state index in [1.54, 1.807) is 27.8 Å². The number of aryl methyl sites for hydroxylation is 1. The molecule has 1 atom stereocenters. The first-order valence-electron chi connectivity index (χ1n) is 8.06. The number of sulfone groups is 1. The van der Waals surface area contributed by atoms with E-state index in [-0.39, 0.29) is 54.0 Å². The van der Waals surface area contributed by atoms with Crippen molar-refractivity contribution in [3.05, 3.63) is 15.6 Å². The molecule has 0 aromatic carbocycles. The van der Waals surface area contributed by atoms with Crippen molar-refractivity contribution in [3.63, 3.8) is 0 Å². The summed E-state index contributed by atoms with van der Waals surface area (Å²) in [4.78, 5) is 20.9. The van der Waals surface area contributed by atoms with Crippen molar-refractivity contribution in [2.24, 2.45) is 4.99 Å². The predicted octanol–water partition coefficient (Wildman–Crippen LogP) is 1.91. The van der Waals surface area contributed by atoms with Crippen LogP contribution < -0.4 is 10.6 Å². The lowest BCUT2D eigenvalue weighted by Gasteiger charge is -2.16. The summed E-state index contributed by atoms with van der Waals surface area (Å²) in [6.45, 7) is 7.62. The average molecular weight is 518 g/mol. The summed E-state index contributed by atoms with van der Waals surface area (Å²) in [5.74, 6) is 0.265. The Kier molecular flexibility index (Phi) is 11.3. The molecular weight excluding hydrogens is 491 g/mol. The molecule has 0 aliphatic heterocycles. The number of carbonyl (C=O) groups is 1. The minimum atomic E-state index is -3.03. The van der Waals surface area contributed by atoms with E-state index in [4.69, 9.17) is 4.74 Å². The zero-order valence-corrected chi connectivity index (χ0v) is 19.6. The van der Waals surface area contributed by atoms with E-state index in [1.807, 2.05) is 6.92 Å². The normalized spacial score (nSPS) is 12.9. The Balaban J connectivity index is 0.00000625. The third kappa shape index (κ3) is 7.74. The van der Waals surface area contributed by atoms with Gasteiger partial charge in [0.1, 0.15) is 9.88 Å². The molecule has 0 aliphatic rings. The molecule has 0 spiro atoms. The Morgan fingerprint density at radius 3 is 2.58 bits per heavy atom. The number of hydrogen-bond donors (Lipinski definition) is 2. The number of nitrogens with one attached hydrogen (secondary N) is 2. The number of halogens is 1. The van der Waals surface area contributed by atoms with E-state index < -0.39 is 9.84 Å². The van der Waals surface area contributed by atoms with Crippen molar-refractivity contribution in [3.8, 4) is 0 Å². The monoisotopic (exact) mass is 518 g/mol. The van der Waals surface area contributed by atoms with E-state index in [0.29, 0.717) is 23.1 Å². The van der Waals surface area contributed by atoms with Gasteiger partial charge in [0.2, 0.25) is 0 Å². The smallest absolute Gasteiger partial charge is 0.350 e. The van der Waals surface area contributed by atoms with Crippen LogP contribution in [0.3, 0.4) is 0 Å². The second-order valence-electron chi connectivity index (χ2n) is 5.29. The van der Waals surface area contributed by atoms with Gasteiger partial charge in [-0.05, 0) is 20.8 Å². The molecule has 0 saturated heterocycles. The van der Waals surface area contributed by atoms with Crippen molar-refractivity contribution in [2.45, 2.75) is 33.7 Å². The third-order valence-electron chi connectivity index (χ3n) is 3.37. The molecule has 0 saturated carbocycles. The minimum Gasteiger partial charge on any atom is -0.462 e. The Morgan fingerprint density at radius 1 is 1.38 bits per heavy atom. The number of aromatic nitrogens is 1. The van der Waals surface area contributed by atoms with Crippen LogP contribution in [0.5, 0.6) is 0 Å². The maximum absolute atomic E-state index is 11.9. The fraction of sp³-hybridized carbons (Fsp3) is 0.667. The van der Waals surface area contributed by atoms with Gasteiger partial charge in [-0.2, -0.15) is 0 Å². The number of ether oxygens (including phenoxy) is 1. The number of aliphatic imine (C=N–C) groups is 1. The first kappa shape index (κ1) is 25.1. The molecule has 1 aromatic rings.